The lowest BCUT2D eigenvalue weighted by Gasteiger charge is -2.22. The van der Waals surface area contributed by atoms with Gasteiger partial charge in [0.2, 0.25) is 0 Å². The SMILES string of the molecule is O=C(N[C@H](CF)[C@@H](O)c1ccc(-c2ccc(CNc3ncco3)nc2)cc1)C(F)F. The highest BCUT2D eigenvalue weighted by Crippen LogP contribution is 2.24. The molecule has 7 nitrogen and oxygen atoms in total. The molecule has 30 heavy (non-hydrogen) atoms. The number of hydrogen-bond acceptors (Lipinski definition) is 6. The summed E-state index contributed by atoms with van der Waals surface area (Å²) in [6.07, 6.45) is -0.0851. The molecular weight excluding hydrogens is 401 g/mol. The monoisotopic (exact) mass is 420 g/mol. The van der Waals surface area contributed by atoms with E-state index in [4.69, 9.17) is 4.42 Å². The van der Waals surface area contributed by atoms with E-state index in [9.17, 15) is 23.1 Å². The van der Waals surface area contributed by atoms with Crippen LogP contribution < -0.4 is 10.6 Å². The number of halogens is 3. The number of carbonyl (C=O) groups excluding carboxylic acids is 1. The number of carbonyl (C=O) groups is 1. The molecule has 3 N–H and O–H groups in total. The average Bonchev–Trinajstić information content (AvgIpc) is 3.29. The highest BCUT2D eigenvalue weighted by molar-refractivity contribution is 5.79. The van der Waals surface area contributed by atoms with Crippen molar-refractivity contribution in [3.05, 3.63) is 66.3 Å². The molecule has 0 aliphatic heterocycles. The van der Waals surface area contributed by atoms with Crippen LogP contribution in [0, 0.1) is 0 Å². The zero-order valence-corrected chi connectivity index (χ0v) is 15.6. The molecule has 0 radical (unpaired) electrons. The van der Waals surface area contributed by atoms with Crippen molar-refractivity contribution in [2.75, 3.05) is 12.0 Å². The Labute approximate surface area is 170 Å². The van der Waals surface area contributed by atoms with Gasteiger partial charge in [0.1, 0.15) is 19.0 Å². The number of pyridine rings is 1. The number of benzene rings is 1. The minimum atomic E-state index is -3.28. The standard InChI is InChI=1S/C20H19F3N4O3/c21-9-16(27-19(29)18(22)23)17(28)13-3-1-12(2-4-13)14-5-6-15(25-10-14)11-26-20-24-7-8-30-20/h1-8,10,16-18,28H,9,11H2,(H,24,26)(H,27,29)/t16-,17+/m1/s1. The molecule has 158 valence electrons. The number of nitrogens with one attached hydrogen (secondary N) is 2. The molecule has 0 unspecified atom stereocenters. The van der Waals surface area contributed by atoms with E-state index >= 15 is 0 Å². The number of amides is 1. The molecule has 3 aromatic rings. The Morgan fingerprint density at radius 2 is 1.83 bits per heavy atom. The molecule has 3 rings (SSSR count). The Hall–Kier alpha value is -3.40. The van der Waals surface area contributed by atoms with E-state index in [-0.39, 0.29) is 5.56 Å². The number of anilines is 1. The Morgan fingerprint density at radius 1 is 1.10 bits per heavy atom. The molecule has 2 heterocycles. The third-order valence-corrected chi connectivity index (χ3v) is 4.34. The molecule has 0 fully saturated rings. The molecule has 1 amide bonds. The Kier molecular flexibility index (Phi) is 7.02. The number of aliphatic hydroxyl groups is 1. The summed E-state index contributed by atoms with van der Waals surface area (Å²) in [4.78, 5) is 19.4. The zero-order valence-electron chi connectivity index (χ0n) is 15.6. The van der Waals surface area contributed by atoms with E-state index in [1.54, 1.807) is 23.6 Å². The maximum Gasteiger partial charge on any atom is 0.315 e. The number of rotatable bonds is 9. The smallest absolute Gasteiger partial charge is 0.315 e. The van der Waals surface area contributed by atoms with Gasteiger partial charge in [0, 0.05) is 11.8 Å². The first kappa shape index (κ1) is 21.3. The van der Waals surface area contributed by atoms with Crippen LogP contribution in [0.3, 0.4) is 0 Å². The predicted octanol–water partition coefficient (Wildman–Crippen LogP) is 3.10. The van der Waals surface area contributed by atoms with Crippen LogP contribution in [-0.2, 0) is 11.3 Å². The predicted molar refractivity (Wildman–Crippen MR) is 102 cm³/mol. The van der Waals surface area contributed by atoms with Crippen LogP contribution in [0.15, 0.2) is 59.5 Å². The molecule has 10 heteroatoms. The second-order valence-corrected chi connectivity index (χ2v) is 6.37. The van der Waals surface area contributed by atoms with Crippen molar-refractivity contribution in [1.29, 1.82) is 0 Å². The maximum absolute atomic E-state index is 13.1. The van der Waals surface area contributed by atoms with Gasteiger partial charge >= 0.3 is 6.43 Å². The molecule has 0 bridgehead atoms. The summed E-state index contributed by atoms with van der Waals surface area (Å²) in [7, 11) is 0. The van der Waals surface area contributed by atoms with E-state index in [1.165, 1.54) is 24.6 Å². The molecule has 0 saturated carbocycles. The Balaban J connectivity index is 1.63. The number of aliphatic hydroxyl groups excluding tert-OH is 1. The van der Waals surface area contributed by atoms with Crippen LogP contribution in [0.25, 0.3) is 11.1 Å². The third kappa shape index (κ3) is 5.35. The first-order chi connectivity index (χ1) is 14.5. The highest BCUT2D eigenvalue weighted by atomic mass is 19.3. The summed E-state index contributed by atoms with van der Waals surface area (Å²) in [6, 6.07) is 9.06. The van der Waals surface area contributed by atoms with Gasteiger partial charge in [-0.2, -0.15) is 8.78 Å². The highest BCUT2D eigenvalue weighted by Gasteiger charge is 2.26. The number of aromatic nitrogens is 2. The first-order valence-corrected chi connectivity index (χ1v) is 8.99. The summed E-state index contributed by atoms with van der Waals surface area (Å²) < 4.78 is 42.9. The van der Waals surface area contributed by atoms with Gasteiger partial charge in [0.15, 0.2) is 0 Å². The maximum atomic E-state index is 13.1. The van der Waals surface area contributed by atoms with Crippen LogP contribution in [-0.4, -0.2) is 40.1 Å². The minimum Gasteiger partial charge on any atom is -0.432 e. The van der Waals surface area contributed by atoms with Crippen molar-refractivity contribution >= 4 is 11.9 Å². The fourth-order valence-electron chi connectivity index (χ4n) is 2.73. The van der Waals surface area contributed by atoms with Crippen molar-refractivity contribution in [2.24, 2.45) is 0 Å². The van der Waals surface area contributed by atoms with Crippen molar-refractivity contribution in [2.45, 2.75) is 25.1 Å². The summed E-state index contributed by atoms with van der Waals surface area (Å²) >= 11 is 0. The third-order valence-electron chi connectivity index (χ3n) is 4.34. The largest absolute Gasteiger partial charge is 0.432 e. The van der Waals surface area contributed by atoms with Gasteiger partial charge in [-0.15, -0.1) is 0 Å². The van der Waals surface area contributed by atoms with E-state index in [2.05, 4.69) is 15.3 Å². The quantitative estimate of drug-likeness (QED) is 0.492. The van der Waals surface area contributed by atoms with Crippen LogP contribution in [0.1, 0.15) is 17.4 Å². The number of oxazole rings is 1. The van der Waals surface area contributed by atoms with Crippen molar-refractivity contribution in [3.8, 4) is 11.1 Å². The fourth-order valence-corrected chi connectivity index (χ4v) is 2.73. The Morgan fingerprint density at radius 3 is 2.40 bits per heavy atom. The number of alkyl halides is 3. The normalized spacial score (nSPS) is 13.1. The zero-order chi connectivity index (χ0) is 21.5. The Bertz CT molecular complexity index is 935. The summed E-state index contributed by atoms with van der Waals surface area (Å²) in [6.45, 7) is -0.755. The lowest BCUT2D eigenvalue weighted by atomic mass is 9.99. The van der Waals surface area contributed by atoms with E-state index < -0.39 is 31.2 Å². The van der Waals surface area contributed by atoms with Crippen molar-refractivity contribution in [1.82, 2.24) is 15.3 Å². The molecule has 2 atom stereocenters. The van der Waals surface area contributed by atoms with E-state index in [0.29, 0.717) is 12.6 Å². The topological polar surface area (TPSA) is 100 Å². The first-order valence-electron chi connectivity index (χ1n) is 8.99. The van der Waals surface area contributed by atoms with Crippen molar-refractivity contribution < 1.29 is 27.5 Å². The fraction of sp³-hybridized carbons (Fsp3) is 0.250. The van der Waals surface area contributed by atoms with E-state index in [1.807, 2.05) is 12.1 Å². The van der Waals surface area contributed by atoms with Gasteiger partial charge in [-0.25, -0.2) is 9.37 Å². The second-order valence-electron chi connectivity index (χ2n) is 6.37. The lowest BCUT2D eigenvalue weighted by Crippen LogP contribution is -2.43. The van der Waals surface area contributed by atoms with Crippen LogP contribution in [0.4, 0.5) is 19.2 Å². The van der Waals surface area contributed by atoms with Gasteiger partial charge in [-0.05, 0) is 17.2 Å². The summed E-state index contributed by atoms with van der Waals surface area (Å²) in [5, 5.41) is 15.0. The van der Waals surface area contributed by atoms with Gasteiger partial charge in [0.05, 0.1) is 24.5 Å². The minimum absolute atomic E-state index is 0.288. The molecular formula is C20H19F3N4O3. The average molecular weight is 420 g/mol. The van der Waals surface area contributed by atoms with Crippen LogP contribution >= 0.6 is 0 Å². The van der Waals surface area contributed by atoms with Crippen molar-refractivity contribution in [3.63, 3.8) is 0 Å². The number of hydrogen-bond donors (Lipinski definition) is 3. The molecule has 2 aromatic heterocycles. The van der Waals surface area contributed by atoms with Crippen LogP contribution in [0.2, 0.25) is 0 Å². The van der Waals surface area contributed by atoms with E-state index in [0.717, 1.165) is 16.8 Å². The second kappa shape index (κ2) is 9.88. The summed E-state index contributed by atoms with van der Waals surface area (Å²) in [5.41, 5.74) is 2.66. The molecule has 0 spiro atoms. The molecule has 0 aliphatic carbocycles. The van der Waals surface area contributed by atoms with Gasteiger partial charge in [0.25, 0.3) is 11.9 Å². The summed E-state index contributed by atoms with van der Waals surface area (Å²) in [5.74, 6) is -1.63. The molecule has 0 saturated heterocycles. The lowest BCUT2D eigenvalue weighted by molar-refractivity contribution is -0.133. The van der Waals surface area contributed by atoms with Gasteiger partial charge < -0.3 is 20.2 Å². The van der Waals surface area contributed by atoms with Gasteiger partial charge in [-0.3, -0.25) is 9.78 Å². The molecule has 1 aromatic carbocycles. The van der Waals surface area contributed by atoms with Crippen LogP contribution in [0.5, 0.6) is 0 Å². The van der Waals surface area contributed by atoms with Gasteiger partial charge in [-0.1, -0.05) is 30.3 Å². The molecule has 0 aliphatic rings. The number of nitrogens with zero attached hydrogens (tertiary/aromatic N) is 2.